The van der Waals surface area contributed by atoms with E-state index in [0.29, 0.717) is 11.7 Å². The second-order valence-electron chi connectivity index (χ2n) is 4.91. The van der Waals surface area contributed by atoms with Crippen molar-refractivity contribution in [3.05, 3.63) is 28.5 Å². The van der Waals surface area contributed by atoms with E-state index in [-0.39, 0.29) is 5.82 Å². The molecule has 2 atom stereocenters. The van der Waals surface area contributed by atoms with Crippen LogP contribution in [0.15, 0.2) is 22.7 Å². The number of hydrogen-bond donors (Lipinski definition) is 1. The monoisotopic (exact) mass is 299 g/mol. The topological polar surface area (TPSA) is 12.0 Å². The fourth-order valence-corrected chi connectivity index (χ4v) is 2.95. The first-order valence-electron chi connectivity index (χ1n) is 6.40. The maximum atomic E-state index is 13.7. The molecule has 1 aliphatic rings. The molecule has 0 aromatic heterocycles. The molecule has 94 valence electrons. The van der Waals surface area contributed by atoms with E-state index in [1.807, 2.05) is 12.1 Å². The number of benzene rings is 1. The summed E-state index contributed by atoms with van der Waals surface area (Å²) in [7, 11) is 0. The molecule has 0 aliphatic heterocycles. The lowest BCUT2D eigenvalue weighted by atomic mass is 9.84. The third kappa shape index (κ3) is 3.44. The Morgan fingerprint density at radius 1 is 1.41 bits per heavy atom. The third-order valence-corrected chi connectivity index (χ3v) is 4.14. The lowest BCUT2D eigenvalue weighted by Crippen LogP contribution is -2.27. The molecule has 2 rings (SSSR count). The summed E-state index contributed by atoms with van der Waals surface area (Å²) in [5.74, 6) is 0.637. The number of anilines is 1. The molecule has 0 heterocycles. The molecular weight excluding hydrogens is 281 g/mol. The lowest BCUT2D eigenvalue weighted by Gasteiger charge is -2.30. The fraction of sp³-hybridized carbons (Fsp3) is 0.571. The molecule has 17 heavy (non-hydrogen) atoms. The predicted octanol–water partition coefficient (Wildman–Crippen LogP) is 4.97. The second kappa shape index (κ2) is 5.85. The molecule has 1 aromatic rings. The molecule has 0 spiro atoms. The first-order chi connectivity index (χ1) is 8.19. The van der Waals surface area contributed by atoms with Gasteiger partial charge in [-0.15, -0.1) is 0 Å². The van der Waals surface area contributed by atoms with Crippen LogP contribution in [-0.4, -0.2) is 6.04 Å². The summed E-state index contributed by atoms with van der Waals surface area (Å²) >= 11 is 3.27. The van der Waals surface area contributed by atoms with Gasteiger partial charge in [-0.3, -0.25) is 0 Å². The zero-order valence-electron chi connectivity index (χ0n) is 10.2. The van der Waals surface area contributed by atoms with E-state index in [2.05, 4.69) is 28.2 Å². The standard InChI is InChI=1S/C14H19BrFN/c1-2-10-4-3-5-12(8-10)17-14-7-6-11(15)9-13(14)16/h6-7,9-10,12,17H,2-5,8H2,1H3. The van der Waals surface area contributed by atoms with Crippen molar-refractivity contribution >= 4 is 21.6 Å². The molecule has 3 heteroatoms. The third-order valence-electron chi connectivity index (χ3n) is 3.65. The van der Waals surface area contributed by atoms with Crippen molar-refractivity contribution in [1.29, 1.82) is 0 Å². The molecule has 0 radical (unpaired) electrons. The van der Waals surface area contributed by atoms with Crippen molar-refractivity contribution in [2.24, 2.45) is 5.92 Å². The Bertz CT molecular complexity index is 380. The van der Waals surface area contributed by atoms with Crippen molar-refractivity contribution in [2.45, 2.75) is 45.1 Å². The summed E-state index contributed by atoms with van der Waals surface area (Å²) in [6.45, 7) is 2.24. The highest BCUT2D eigenvalue weighted by molar-refractivity contribution is 9.10. The molecule has 1 nitrogen and oxygen atoms in total. The Hall–Kier alpha value is -0.570. The van der Waals surface area contributed by atoms with E-state index in [1.54, 1.807) is 0 Å². The molecule has 1 fully saturated rings. The van der Waals surface area contributed by atoms with E-state index < -0.39 is 0 Å². The van der Waals surface area contributed by atoms with Crippen LogP contribution in [0.2, 0.25) is 0 Å². The van der Waals surface area contributed by atoms with Gasteiger partial charge in [0.15, 0.2) is 0 Å². The van der Waals surface area contributed by atoms with E-state index in [4.69, 9.17) is 0 Å². The van der Waals surface area contributed by atoms with Gasteiger partial charge in [0.2, 0.25) is 0 Å². The van der Waals surface area contributed by atoms with Crippen LogP contribution < -0.4 is 5.32 Å². The normalized spacial score (nSPS) is 24.6. The van der Waals surface area contributed by atoms with Gasteiger partial charge in [0.1, 0.15) is 5.82 Å². The van der Waals surface area contributed by atoms with Crippen LogP contribution in [0.3, 0.4) is 0 Å². The molecule has 1 aliphatic carbocycles. The van der Waals surface area contributed by atoms with Gasteiger partial charge in [0.05, 0.1) is 5.69 Å². The van der Waals surface area contributed by atoms with Crippen molar-refractivity contribution < 1.29 is 4.39 Å². The minimum Gasteiger partial charge on any atom is -0.380 e. The SMILES string of the molecule is CCC1CCCC(Nc2ccc(Br)cc2F)C1. The van der Waals surface area contributed by atoms with E-state index in [9.17, 15) is 4.39 Å². The molecule has 1 aromatic carbocycles. The molecule has 1 saturated carbocycles. The summed E-state index contributed by atoms with van der Waals surface area (Å²) in [6, 6.07) is 5.65. The Labute approximate surface area is 111 Å². The Morgan fingerprint density at radius 3 is 2.94 bits per heavy atom. The van der Waals surface area contributed by atoms with Gasteiger partial charge in [-0.1, -0.05) is 42.1 Å². The quantitative estimate of drug-likeness (QED) is 0.831. The zero-order valence-corrected chi connectivity index (χ0v) is 11.8. The van der Waals surface area contributed by atoms with E-state index >= 15 is 0 Å². The second-order valence-corrected chi connectivity index (χ2v) is 5.82. The maximum absolute atomic E-state index is 13.7. The zero-order chi connectivity index (χ0) is 12.3. The summed E-state index contributed by atoms with van der Waals surface area (Å²) in [4.78, 5) is 0. The van der Waals surface area contributed by atoms with Crippen LogP contribution in [0.5, 0.6) is 0 Å². The largest absolute Gasteiger partial charge is 0.380 e. The van der Waals surface area contributed by atoms with Gasteiger partial charge >= 0.3 is 0 Å². The van der Waals surface area contributed by atoms with Crippen LogP contribution >= 0.6 is 15.9 Å². The van der Waals surface area contributed by atoms with Crippen molar-refractivity contribution in [3.63, 3.8) is 0 Å². The van der Waals surface area contributed by atoms with Gasteiger partial charge in [0.25, 0.3) is 0 Å². The van der Waals surface area contributed by atoms with Crippen molar-refractivity contribution in [1.82, 2.24) is 0 Å². The first kappa shape index (κ1) is 12.9. The van der Waals surface area contributed by atoms with Gasteiger partial charge in [-0.25, -0.2) is 4.39 Å². The fourth-order valence-electron chi connectivity index (χ4n) is 2.62. The minimum absolute atomic E-state index is 0.169. The Morgan fingerprint density at radius 2 is 2.24 bits per heavy atom. The van der Waals surface area contributed by atoms with Gasteiger partial charge in [-0.2, -0.15) is 0 Å². The average Bonchev–Trinajstić information content (AvgIpc) is 2.33. The van der Waals surface area contributed by atoms with Crippen LogP contribution in [0.4, 0.5) is 10.1 Å². The Balaban J connectivity index is 2.00. The highest BCUT2D eigenvalue weighted by Gasteiger charge is 2.21. The van der Waals surface area contributed by atoms with Crippen LogP contribution in [0.25, 0.3) is 0 Å². The molecule has 0 saturated heterocycles. The van der Waals surface area contributed by atoms with Crippen LogP contribution in [-0.2, 0) is 0 Å². The van der Waals surface area contributed by atoms with Gasteiger partial charge in [-0.05, 0) is 37.0 Å². The predicted molar refractivity (Wildman–Crippen MR) is 73.8 cm³/mol. The number of hydrogen-bond acceptors (Lipinski definition) is 1. The summed E-state index contributed by atoms with van der Waals surface area (Å²) in [6.07, 6.45) is 6.16. The van der Waals surface area contributed by atoms with E-state index in [0.717, 1.165) is 16.8 Å². The highest BCUT2D eigenvalue weighted by atomic mass is 79.9. The number of nitrogens with one attached hydrogen (secondary N) is 1. The van der Waals surface area contributed by atoms with Crippen molar-refractivity contribution in [2.75, 3.05) is 5.32 Å². The van der Waals surface area contributed by atoms with Crippen molar-refractivity contribution in [3.8, 4) is 0 Å². The lowest BCUT2D eigenvalue weighted by molar-refractivity contribution is 0.327. The molecular formula is C14H19BrFN. The van der Waals surface area contributed by atoms with E-state index in [1.165, 1.54) is 31.7 Å². The summed E-state index contributed by atoms with van der Waals surface area (Å²) in [5, 5.41) is 3.34. The number of halogens is 2. The summed E-state index contributed by atoms with van der Waals surface area (Å²) < 4.78 is 14.5. The van der Waals surface area contributed by atoms with Crippen LogP contribution in [0.1, 0.15) is 39.0 Å². The van der Waals surface area contributed by atoms with Gasteiger partial charge < -0.3 is 5.32 Å². The smallest absolute Gasteiger partial charge is 0.147 e. The summed E-state index contributed by atoms with van der Waals surface area (Å²) in [5.41, 5.74) is 0.634. The molecule has 0 bridgehead atoms. The highest BCUT2D eigenvalue weighted by Crippen LogP contribution is 2.29. The maximum Gasteiger partial charge on any atom is 0.147 e. The molecule has 2 unspecified atom stereocenters. The molecule has 1 N–H and O–H groups in total. The minimum atomic E-state index is -0.169. The average molecular weight is 300 g/mol. The van der Waals surface area contributed by atoms with Gasteiger partial charge in [0, 0.05) is 10.5 Å². The Kier molecular flexibility index (Phi) is 4.43. The molecule has 0 amide bonds. The van der Waals surface area contributed by atoms with Crippen LogP contribution in [0, 0.1) is 11.7 Å². The number of rotatable bonds is 3. The first-order valence-corrected chi connectivity index (χ1v) is 7.20.